The Bertz CT molecular complexity index is 700. The van der Waals surface area contributed by atoms with Gasteiger partial charge in [0, 0.05) is 38.3 Å². The summed E-state index contributed by atoms with van der Waals surface area (Å²) in [6.45, 7) is 3.02. The smallest absolute Gasteiger partial charge is 0.279 e. The summed E-state index contributed by atoms with van der Waals surface area (Å²) in [6.07, 6.45) is 4.92. The molecule has 152 valence electrons. The van der Waals surface area contributed by atoms with Crippen LogP contribution in [-0.4, -0.2) is 68.1 Å². The zero-order valence-corrected chi connectivity index (χ0v) is 16.6. The van der Waals surface area contributed by atoms with E-state index in [2.05, 4.69) is 27.7 Å². The SMILES string of the molecule is COc1ccc(N2CCN(C(=O)C[C@H]3[NH2+][C@@H]4CCCC[C@@H]4NC3=O)CC2)cc1. The minimum atomic E-state index is -0.272. The van der Waals surface area contributed by atoms with Crippen molar-refractivity contribution in [3.63, 3.8) is 0 Å². The molecule has 0 unspecified atom stereocenters. The predicted molar refractivity (Wildman–Crippen MR) is 106 cm³/mol. The molecule has 1 aromatic carbocycles. The predicted octanol–water partition coefficient (Wildman–Crippen LogP) is 0.107. The number of ether oxygens (including phenoxy) is 1. The fourth-order valence-corrected chi connectivity index (χ4v) is 4.73. The fraction of sp³-hybridized carbons (Fsp3) is 0.619. The van der Waals surface area contributed by atoms with Crippen LogP contribution in [0.1, 0.15) is 32.1 Å². The summed E-state index contributed by atoms with van der Waals surface area (Å²) >= 11 is 0. The highest BCUT2D eigenvalue weighted by atomic mass is 16.5. The van der Waals surface area contributed by atoms with Gasteiger partial charge >= 0.3 is 0 Å². The van der Waals surface area contributed by atoms with Crippen molar-refractivity contribution >= 4 is 17.5 Å². The molecule has 3 N–H and O–H groups in total. The van der Waals surface area contributed by atoms with E-state index in [4.69, 9.17) is 4.74 Å². The molecule has 0 spiro atoms. The molecule has 3 aliphatic rings. The zero-order chi connectivity index (χ0) is 19.5. The molecule has 1 aliphatic carbocycles. The van der Waals surface area contributed by atoms with E-state index < -0.39 is 0 Å². The van der Waals surface area contributed by atoms with E-state index in [9.17, 15) is 9.59 Å². The van der Waals surface area contributed by atoms with Gasteiger partial charge in [-0.3, -0.25) is 9.59 Å². The summed E-state index contributed by atoms with van der Waals surface area (Å²) < 4.78 is 5.21. The first-order valence-electron chi connectivity index (χ1n) is 10.5. The number of methoxy groups -OCH3 is 1. The van der Waals surface area contributed by atoms with Crippen molar-refractivity contribution in [3.05, 3.63) is 24.3 Å². The number of anilines is 1. The Morgan fingerprint density at radius 3 is 2.57 bits per heavy atom. The number of amides is 2. The highest BCUT2D eigenvalue weighted by molar-refractivity contribution is 5.87. The first kappa shape index (κ1) is 19.1. The van der Waals surface area contributed by atoms with Gasteiger partial charge in [-0.25, -0.2) is 0 Å². The van der Waals surface area contributed by atoms with E-state index in [1.807, 2.05) is 17.0 Å². The topological polar surface area (TPSA) is 78.5 Å². The molecule has 4 rings (SSSR count). The summed E-state index contributed by atoms with van der Waals surface area (Å²) in [5.74, 6) is 0.980. The standard InChI is InChI=1S/C21H30N4O3/c1-28-16-8-6-15(7-9-16)24-10-12-25(13-11-24)20(26)14-19-21(27)23-18-5-3-2-4-17(18)22-19/h6-9,17-19,22H,2-5,10-14H2,1H3,(H,23,27)/p+1/t17-,18+,19-/m1/s1. The van der Waals surface area contributed by atoms with Crippen LogP contribution in [0.2, 0.25) is 0 Å². The largest absolute Gasteiger partial charge is 0.497 e. The normalized spacial score (nSPS) is 27.8. The lowest BCUT2D eigenvalue weighted by atomic mass is 9.87. The molecule has 2 saturated heterocycles. The maximum atomic E-state index is 12.8. The molecule has 0 bridgehead atoms. The molecule has 7 heteroatoms. The molecule has 0 radical (unpaired) electrons. The summed E-state index contributed by atoms with van der Waals surface area (Å²) in [5, 5.41) is 5.32. The second-order valence-corrected chi connectivity index (χ2v) is 8.13. The van der Waals surface area contributed by atoms with Gasteiger partial charge in [-0.15, -0.1) is 0 Å². The van der Waals surface area contributed by atoms with Gasteiger partial charge in [0.05, 0.1) is 19.6 Å². The number of nitrogens with two attached hydrogens (primary N) is 1. The summed E-state index contributed by atoms with van der Waals surface area (Å²) in [7, 11) is 1.66. The number of fused-ring (bicyclic) bond motifs is 1. The van der Waals surface area contributed by atoms with E-state index in [0.29, 0.717) is 31.6 Å². The monoisotopic (exact) mass is 387 g/mol. The Labute approximate surface area is 166 Å². The second kappa shape index (κ2) is 8.39. The molecule has 3 fully saturated rings. The lowest BCUT2D eigenvalue weighted by Crippen LogP contribution is -3.03. The van der Waals surface area contributed by atoms with Gasteiger partial charge in [0.25, 0.3) is 5.91 Å². The van der Waals surface area contributed by atoms with Crippen LogP contribution in [-0.2, 0) is 9.59 Å². The Kier molecular flexibility index (Phi) is 5.71. The number of nitrogens with one attached hydrogen (secondary N) is 1. The van der Waals surface area contributed by atoms with E-state index in [1.165, 1.54) is 12.8 Å². The van der Waals surface area contributed by atoms with Gasteiger partial charge in [0.15, 0.2) is 6.04 Å². The molecular weight excluding hydrogens is 356 g/mol. The highest BCUT2D eigenvalue weighted by Gasteiger charge is 2.41. The quantitative estimate of drug-likeness (QED) is 0.769. The maximum absolute atomic E-state index is 12.8. The summed E-state index contributed by atoms with van der Waals surface area (Å²) in [6, 6.07) is 8.49. The average molecular weight is 388 g/mol. The summed E-state index contributed by atoms with van der Waals surface area (Å²) in [4.78, 5) is 29.4. The molecule has 7 nitrogen and oxygen atoms in total. The van der Waals surface area contributed by atoms with Crippen LogP contribution >= 0.6 is 0 Å². The molecule has 28 heavy (non-hydrogen) atoms. The van der Waals surface area contributed by atoms with E-state index in [1.54, 1.807) is 7.11 Å². The first-order valence-corrected chi connectivity index (χ1v) is 10.5. The van der Waals surface area contributed by atoms with Gasteiger partial charge in [-0.1, -0.05) is 6.42 Å². The Morgan fingerprint density at radius 2 is 1.86 bits per heavy atom. The van der Waals surface area contributed by atoms with E-state index in [0.717, 1.165) is 37.4 Å². The van der Waals surface area contributed by atoms with Crippen LogP contribution < -0.4 is 20.3 Å². The molecule has 2 amide bonds. The number of quaternary nitrogens is 1. The molecule has 0 aromatic heterocycles. The minimum Gasteiger partial charge on any atom is -0.497 e. The number of hydrogen-bond acceptors (Lipinski definition) is 4. The first-order chi connectivity index (χ1) is 13.6. The van der Waals surface area contributed by atoms with Crippen molar-refractivity contribution in [1.82, 2.24) is 10.2 Å². The molecule has 1 saturated carbocycles. The van der Waals surface area contributed by atoms with Gasteiger partial charge in [0.1, 0.15) is 11.8 Å². The molecule has 2 heterocycles. The third-order valence-corrected chi connectivity index (χ3v) is 6.43. The van der Waals surface area contributed by atoms with Crippen LogP contribution in [0.5, 0.6) is 5.75 Å². The Morgan fingerprint density at radius 1 is 1.14 bits per heavy atom. The van der Waals surface area contributed by atoms with Crippen molar-refractivity contribution in [2.75, 3.05) is 38.2 Å². The van der Waals surface area contributed by atoms with Crippen molar-refractivity contribution in [2.45, 2.75) is 50.2 Å². The van der Waals surface area contributed by atoms with Crippen LogP contribution in [0.3, 0.4) is 0 Å². The minimum absolute atomic E-state index is 0.0355. The molecule has 2 aliphatic heterocycles. The number of carbonyl (C=O) groups is 2. The number of carbonyl (C=O) groups excluding carboxylic acids is 2. The number of piperazine rings is 2. The van der Waals surface area contributed by atoms with Gasteiger partial charge < -0.3 is 25.2 Å². The third kappa shape index (κ3) is 4.09. The molecule has 3 atom stereocenters. The number of nitrogens with zero attached hydrogens (tertiary/aromatic N) is 2. The highest BCUT2D eigenvalue weighted by Crippen LogP contribution is 2.21. The van der Waals surface area contributed by atoms with Gasteiger partial charge in [-0.2, -0.15) is 0 Å². The molecule has 1 aromatic rings. The average Bonchev–Trinajstić information content (AvgIpc) is 2.74. The third-order valence-electron chi connectivity index (χ3n) is 6.43. The maximum Gasteiger partial charge on any atom is 0.279 e. The van der Waals surface area contributed by atoms with Crippen molar-refractivity contribution in [1.29, 1.82) is 0 Å². The van der Waals surface area contributed by atoms with Crippen LogP contribution in [0.25, 0.3) is 0 Å². The number of hydrogen-bond donors (Lipinski definition) is 2. The van der Waals surface area contributed by atoms with Crippen LogP contribution in [0.15, 0.2) is 24.3 Å². The second-order valence-electron chi connectivity index (χ2n) is 8.13. The fourth-order valence-electron chi connectivity index (χ4n) is 4.73. The number of benzene rings is 1. The van der Waals surface area contributed by atoms with Crippen LogP contribution in [0.4, 0.5) is 5.69 Å². The lowest BCUT2D eigenvalue weighted by Gasteiger charge is -2.39. The Balaban J connectivity index is 1.28. The lowest BCUT2D eigenvalue weighted by molar-refractivity contribution is -0.718. The van der Waals surface area contributed by atoms with Crippen molar-refractivity contribution < 1.29 is 19.6 Å². The van der Waals surface area contributed by atoms with Gasteiger partial charge in [-0.05, 0) is 37.1 Å². The van der Waals surface area contributed by atoms with E-state index in [-0.39, 0.29) is 17.9 Å². The number of rotatable bonds is 4. The van der Waals surface area contributed by atoms with Crippen molar-refractivity contribution in [3.8, 4) is 5.75 Å². The van der Waals surface area contributed by atoms with Crippen LogP contribution in [0, 0.1) is 0 Å². The zero-order valence-electron chi connectivity index (χ0n) is 16.6. The van der Waals surface area contributed by atoms with Gasteiger partial charge in [0.2, 0.25) is 5.91 Å². The summed E-state index contributed by atoms with van der Waals surface area (Å²) in [5.41, 5.74) is 1.15. The molecular formula is C21H31N4O3+. The van der Waals surface area contributed by atoms with E-state index >= 15 is 0 Å². The van der Waals surface area contributed by atoms with Crippen molar-refractivity contribution in [2.24, 2.45) is 0 Å². The Hall–Kier alpha value is -2.28.